The molecule has 0 bridgehead atoms. The van der Waals surface area contributed by atoms with E-state index in [0.29, 0.717) is 23.1 Å². The van der Waals surface area contributed by atoms with Gasteiger partial charge in [-0.1, -0.05) is 11.6 Å². The minimum Gasteiger partial charge on any atom is -0.492 e. The number of primary amides is 1. The van der Waals surface area contributed by atoms with Crippen molar-refractivity contribution in [2.75, 3.05) is 6.61 Å². The molecular weight excluding hydrogens is 244 g/mol. The molecular formula is C10H13ClN4O2. The largest absolute Gasteiger partial charge is 0.492 e. The molecule has 0 unspecified atom stereocenters. The molecule has 0 aliphatic rings. The molecule has 0 radical (unpaired) electrons. The van der Waals surface area contributed by atoms with Crippen LogP contribution in [-0.2, 0) is 0 Å². The molecule has 5 N–H and O–H groups in total. The summed E-state index contributed by atoms with van der Waals surface area (Å²) in [7, 11) is 0. The third-order valence-electron chi connectivity index (χ3n) is 1.72. The maximum Gasteiger partial charge on any atom is 0.318 e. The average Bonchev–Trinajstić information content (AvgIpc) is 2.21. The fourth-order valence-electron chi connectivity index (χ4n) is 1.13. The van der Waals surface area contributed by atoms with Crippen molar-refractivity contribution in [2.45, 2.75) is 6.92 Å². The van der Waals surface area contributed by atoms with E-state index in [1.165, 1.54) is 0 Å². The Bertz CT molecular complexity index is 448. The summed E-state index contributed by atoms with van der Waals surface area (Å²) in [5.41, 5.74) is 10.8. The molecule has 0 aliphatic heterocycles. The van der Waals surface area contributed by atoms with Gasteiger partial charge in [-0.2, -0.15) is 0 Å². The van der Waals surface area contributed by atoms with Crippen LogP contribution in [0.2, 0.25) is 5.02 Å². The topological polar surface area (TPSA) is 103 Å². The zero-order valence-corrected chi connectivity index (χ0v) is 9.99. The van der Waals surface area contributed by atoms with E-state index in [1.807, 2.05) is 6.92 Å². The molecule has 17 heavy (non-hydrogen) atoms. The monoisotopic (exact) mass is 256 g/mol. The van der Waals surface area contributed by atoms with Gasteiger partial charge in [0.1, 0.15) is 5.75 Å². The highest BCUT2D eigenvalue weighted by Gasteiger charge is 2.03. The molecule has 2 amide bonds. The second-order valence-corrected chi connectivity index (χ2v) is 3.44. The maximum absolute atomic E-state index is 10.5. The Hall–Kier alpha value is -1.95. The normalized spacial score (nSPS) is 11.1. The summed E-state index contributed by atoms with van der Waals surface area (Å²) in [6.45, 7) is 2.38. The van der Waals surface area contributed by atoms with Crippen LogP contribution in [0.15, 0.2) is 23.2 Å². The Kier molecular flexibility index (Phi) is 4.59. The van der Waals surface area contributed by atoms with Crippen molar-refractivity contribution >= 4 is 29.3 Å². The van der Waals surface area contributed by atoms with Gasteiger partial charge in [0.15, 0.2) is 0 Å². The predicted octanol–water partition coefficient (Wildman–Crippen LogP) is 1.35. The van der Waals surface area contributed by atoms with Gasteiger partial charge < -0.3 is 16.2 Å². The summed E-state index contributed by atoms with van der Waals surface area (Å²) >= 11 is 5.95. The van der Waals surface area contributed by atoms with E-state index in [4.69, 9.17) is 27.8 Å². The molecule has 92 valence electrons. The number of hydrogen-bond acceptors (Lipinski definition) is 3. The molecule has 1 rings (SSSR count). The van der Waals surface area contributed by atoms with Crippen LogP contribution in [0.3, 0.4) is 0 Å². The summed E-state index contributed by atoms with van der Waals surface area (Å²) in [4.78, 5) is 14.4. The lowest BCUT2D eigenvalue weighted by molar-refractivity contribution is 0.253. The molecule has 0 atom stereocenters. The highest BCUT2D eigenvalue weighted by atomic mass is 35.5. The first-order valence-electron chi connectivity index (χ1n) is 4.86. The maximum atomic E-state index is 10.5. The number of aliphatic imine (C=N–C) groups is 1. The van der Waals surface area contributed by atoms with Gasteiger partial charge >= 0.3 is 6.03 Å². The van der Waals surface area contributed by atoms with Crippen LogP contribution in [-0.4, -0.2) is 18.6 Å². The highest BCUT2D eigenvalue weighted by molar-refractivity contribution is 6.32. The van der Waals surface area contributed by atoms with Crippen molar-refractivity contribution in [2.24, 2.45) is 16.5 Å². The van der Waals surface area contributed by atoms with Gasteiger partial charge in [0, 0.05) is 0 Å². The number of carbonyl (C=O) groups excluding carboxylic acids is 1. The number of carbonyl (C=O) groups is 1. The van der Waals surface area contributed by atoms with Gasteiger partial charge in [-0.05, 0) is 25.1 Å². The van der Waals surface area contributed by atoms with E-state index in [1.54, 1.807) is 18.2 Å². The van der Waals surface area contributed by atoms with E-state index in [-0.39, 0.29) is 5.96 Å². The van der Waals surface area contributed by atoms with Crippen molar-refractivity contribution < 1.29 is 9.53 Å². The molecule has 0 heterocycles. The Balaban J connectivity index is 2.86. The summed E-state index contributed by atoms with van der Waals surface area (Å²) in [6.07, 6.45) is 0. The number of amides is 2. The molecule has 0 aromatic heterocycles. The zero-order valence-electron chi connectivity index (χ0n) is 9.24. The third kappa shape index (κ3) is 4.20. The highest BCUT2D eigenvalue weighted by Crippen LogP contribution is 2.28. The van der Waals surface area contributed by atoms with Crippen molar-refractivity contribution in [1.82, 2.24) is 5.32 Å². The van der Waals surface area contributed by atoms with Crippen LogP contribution >= 0.6 is 11.6 Å². The van der Waals surface area contributed by atoms with Crippen LogP contribution in [0.1, 0.15) is 6.92 Å². The molecule has 0 saturated carbocycles. The Morgan fingerprint density at radius 1 is 1.53 bits per heavy atom. The van der Waals surface area contributed by atoms with Crippen LogP contribution in [0.25, 0.3) is 0 Å². The Morgan fingerprint density at radius 3 is 2.76 bits per heavy atom. The number of nitrogens with one attached hydrogen (secondary N) is 1. The fourth-order valence-corrected chi connectivity index (χ4v) is 1.35. The van der Waals surface area contributed by atoms with E-state index in [0.717, 1.165) is 0 Å². The van der Waals surface area contributed by atoms with E-state index in [9.17, 15) is 4.79 Å². The molecule has 1 aromatic carbocycles. The van der Waals surface area contributed by atoms with Gasteiger partial charge in [-0.15, -0.1) is 0 Å². The first-order valence-corrected chi connectivity index (χ1v) is 5.23. The fraction of sp³-hybridized carbons (Fsp3) is 0.200. The van der Waals surface area contributed by atoms with Crippen molar-refractivity contribution in [3.8, 4) is 5.75 Å². The number of nitrogens with zero attached hydrogens (tertiary/aromatic N) is 1. The van der Waals surface area contributed by atoms with Crippen molar-refractivity contribution in [3.05, 3.63) is 23.2 Å². The number of nitrogens with two attached hydrogens (primary N) is 2. The second-order valence-electron chi connectivity index (χ2n) is 3.03. The smallest absolute Gasteiger partial charge is 0.318 e. The Morgan fingerprint density at radius 2 is 2.24 bits per heavy atom. The quantitative estimate of drug-likeness (QED) is 0.562. The van der Waals surface area contributed by atoms with Gasteiger partial charge in [0.2, 0.25) is 5.96 Å². The Labute approximate surface area is 104 Å². The van der Waals surface area contributed by atoms with E-state index < -0.39 is 6.03 Å². The predicted molar refractivity (Wildman–Crippen MR) is 66.6 cm³/mol. The number of hydrogen-bond donors (Lipinski definition) is 3. The van der Waals surface area contributed by atoms with E-state index >= 15 is 0 Å². The third-order valence-corrected chi connectivity index (χ3v) is 2.01. The first-order chi connectivity index (χ1) is 8.02. The lowest BCUT2D eigenvalue weighted by Crippen LogP contribution is -2.39. The number of benzene rings is 1. The van der Waals surface area contributed by atoms with Gasteiger partial charge in [0.05, 0.1) is 17.3 Å². The van der Waals surface area contributed by atoms with Gasteiger partial charge in [0.25, 0.3) is 0 Å². The summed E-state index contributed by atoms with van der Waals surface area (Å²) in [5, 5.41) is 2.56. The number of urea groups is 1. The minimum absolute atomic E-state index is 0.0993. The lowest BCUT2D eigenvalue weighted by Gasteiger charge is -2.06. The molecule has 0 aliphatic carbocycles. The van der Waals surface area contributed by atoms with Crippen molar-refractivity contribution in [1.29, 1.82) is 0 Å². The summed E-state index contributed by atoms with van der Waals surface area (Å²) < 4.78 is 5.26. The molecule has 0 spiro atoms. The molecule has 1 aromatic rings. The minimum atomic E-state index is -0.775. The second kappa shape index (κ2) is 5.95. The number of guanidine groups is 1. The van der Waals surface area contributed by atoms with Crippen LogP contribution < -0.4 is 21.5 Å². The molecule has 0 saturated heterocycles. The summed E-state index contributed by atoms with van der Waals surface area (Å²) in [6, 6.07) is 4.12. The number of halogens is 1. The standard InChI is InChI=1S/C10H13ClN4O2/c1-2-17-8-4-3-6(5-7(8)11)14-9(12)15-10(13)16/h3-5H,2H2,1H3,(H5,12,13,14,15,16). The number of rotatable bonds is 3. The lowest BCUT2D eigenvalue weighted by atomic mass is 10.3. The van der Waals surface area contributed by atoms with Crippen LogP contribution in [0, 0.1) is 0 Å². The first kappa shape index (κ1) is 13.1. The van der Waals surface area contributed by atoms with E-state index in [2.05, 4.69) is 10.3 Å². The van der Waals surface area contributed by atoms with Crippen LogP contribution in [0.5, 0.6) is 5.75 Å². The average molecular weight is 257 g/mol. The number of ether oxygens (including phenoxy) is 1. The SMILES string of the molecule is CCOc1ccc(N=C(N)NC(N)=O)cc1Cl. The zero-order chi connectivity index (χ0) is 12.8. The van der Waals surface area contributed by atoms with Gasteiger partial charge in [-0.25, -0.2) is 9.79 Å². The summed E-state index contributed by atoms with van der Waals surface area (Å²) in [5.74, 6) is 0.465. The molecule has 7 heteroatoms. The van der Waals surface area contributed by atoms with Gasteiger partial charge in [-0.3, -0.25) is 5.32 Å². The molecule has 6 nitrogen and oxygen atoms in total. The molecule has 0 fully saturated rings. The van der Waals surface area contributed by atoms with Crippen LogP contribution in [0.4, 0.5) is 10.5 Å². The van der Waals surface area contributed by atoms with Crippen molar-refractivity contribution in [3.63, 3.8) is 0 Å².